The van der Waals surface area contributed by atoms with Crippen LogP contribution < -0.4 is 5.32 Å². The van der Waals surface area contributed by atoms with Crippen molar-refractivity contribution in [3.05, 3.63) is 29.0 Å². The largest absolute Gasteiger partial charge is 0.334 e. The molecule has 1 aliphatic heterocycles. The molecule has 8 heteroatoms. The fourth-order valence-electron chi connectivity index (χ4n) is 4.19. The predicted octanol–water partition coefficient (Wildman–Crippen LogP) is 3.50. The molecule has 0 atom stereocenters. The highest BCUT2D eigenvalue weighted by Crippen LogP contribution is 2.34. The van der Waals surface area contributed by atoms with Crippen LogP contribution in [-0.2, 0) is 9.59 Å². The molecule has 0 bridgehead atoms. The van der Waals surface area contributed by atoms with Gasteiger partial charge in [0, 0.05) is 30.6 Å². The molecule has 2 amide bonds. The van der Waals surface area contributed by atoms with Crippen LogP contribution in [0.1, 0.15) is 68.2 Å². The van der Waals surface area contributed by atoms with Gasteiger partial charge >= 0.3 is 11.8 Å². The third-order valence-corrected chi connectivity index (χ3v) is 6.59. The number of carbonyl (C=O) groups excluding carboxylic acids is 2. The smallest absolute Gasteiger partial charge is 0.315 e. The zero-order valence-electron chi connectivity index (χ0n) is 16.3. The molecule has 3 heterocycles. The van der Waals surface area contributed by atoms with Crippen LogP contribution in [0, 0.1) is 6.92 Å². The fourth-order valence-corrected chi connectivity index (χ4v) is 4.98. The molecule has 0 spiro atoms. The lowest BCUT2D eigenvalue weighted by Gasteiger charge is -2.31. The highest BCUT2D eigenvalue weighted by molar-refractivity contribution is 7.14. The topological polar surface area (TPSA) is 80.1 Å². The molecular formula is C20H27N5O2S. The molecule has 0 aromatic carbocycles. The molecule has 2 aromatic rings. The third-order valence-electron chi connectivity index (χ3n) is 5.82. The Labute approximate surface area is 169 Å². The number of piperidine rings is 1. The van der Waals surface area contributed by atoms with Gasteiger partial charge in [0.15, 0.2) is 5.13 Å². The number of likely N-dealkylation sites (tertiary alicyclic amines) is 1. The molecule has 1 saturated heterocycles. The molecule has 1 aliphatic carbocycles. The van der Waals surface area contributed by atoms with Crippen LogP contribution in [0.2, 0.25) is 0 Å². The average Bonchev–Trinajstić information content (AvgIpc) is 3.37. The summed E-state index contributed by atoms with van der Waals surface area (Å²) in [7, 11) is 0. The first-order valence-corrected chi connectivity index (χ1v) is 11.0. The third kappa shape index (κ3) is 4.27. The fraction of sp³-hybridized carbons (Fsp3) is 0.600. The van der Waals surface area contributed by atoms with Crippen molar-refractivity contribution in [2.75, 3.05) is 18.4 Å². The number of anilines is 1. The Morgan fingerprint density at radius 1 is 1.14 bits per heavy atom. The monoisotopic (exact) mass is 401 g/mol. The van der Waals surface area contributed by atoms with Crippen LogP contribution in [0.3, 0.4) is 0 Å². The zero-order chi connectivity index (χ0) is 19.5. The van der Waals surface area contributed by atoms with Gasteiger partial charge in [-0.15, -0.1) is 11.3 Å². The van der Waals surface area contributed by atoms with E-state index >= 15 is 0 Å². The number of hydrogen-bond acceptors (Lipinski definition) is 5. The van der Waals surface area contributed by atoms with Gasteiger partial charge in [0.05, 0.1) is 17.9 Å². The molecule has 4 rings (SSSR count). The maximum Gasteiger partial charge on any atom is 0.315 e. The van der Waals surface area contributed by atoms with E-state index in [9.17, 15) is 9.59 Å². The minimum atomic E-state index is -0.585. The van der Waals surface area contributed by atoms with Gasteiger partial charge in [-0.05, 0) is 38.2 Å². The Morgan fingerprint density at radius 2 is 1.89 bits per heavy atom. The Morgan fingerprint density at radius 3 is 2.57 bits per heavy atom. The number of aromatic nitrogens is 3. The number of nitrogens with zero attached hydrogens (tertiary/aromatic N) is 4. The van der Waals surface area contributed by atoms with Crippen molar-refractivity contribution in [1.29, 1.82) is 0 Å². The normalized spacial score (nSPS) is 19.0. The number of hydrogen-bond donors (Lipinski definition) is 1. The van der Waals surface area contributed by atoms with E-state index < -0.39 is 11.8 Å². The van der Waals surface area contributed by atoms with Crippen LogP contribution in [0.5, 0.6) is 0 Å². The van der Waals surface area contributed by atoms with Crippen LogP contribution in [0.15, 0.2) is 17.8 Å². The number of thiazole rings is 1. The number of rotatable bonds is 3. The van der Waals surface area contributed by atoms with Crippen LogP contribution in [0.25, 0.3) is 0 Å². The van der Waals surface area contributed by atoms with E-state index in [-0.39, 0.29) is 6.04 Å². The predicted molar refractivity (Wildman–Crippen MR) is 108 cm³/mol. The summed E-state index contributed by atoms with van der Waals surface area (Å²) in [5.74, 6) is -0.557. The molecule has 1 saturated carbocycles. The lowest BCUT2D eigenvalue weighted by Crippen LogP contribution is -2.44. The van der Waals surface area contributed by atoms with Crippen molar-refractivity contribution in [3.63, 3.8) is 0 Å². The van der Waals surface area contributed by atoms with E-state index in [1.54, 1.807) is 4.90 Å². The standard InChI is InChI=1S/C20H27N5O2S/c1-14-11-21-25(12-14)16-7-9-24(10-8-16)19(27)18(26)23-20-22-17(13-28-20)15-5-3-2-4-6-15/h11-13,15-16H,2-10H2,1H3,(H,22,23,26). The highest BCUT2D eigenvalue weighted by atomic mass is 32.1. The molecule has 1 N–H and O–H groups in total. The summed E-state index contributed by atoms with van der Waals surface area (Å²) in [5, 5.41) is 9.62. The van der Waals surface area contributed by atoms with Crippen molar-refractivity contribution >= 4 is 28.3 Å². The highest BCUT2D eigenvalue weighted by Gasteiger charge is 2.28. The Hall–Kier alpha value is -2.22. The summed E-state index contributed by atoms with van der Waals surface area (Å²) >= 11 is 1.41. The second-order valence-corrected chi connectivity index (χ2v) is 8.75. The van der Waals surface area contributed by atoms with Crippen molar-refractivity contribution < 1.29 is 9.59 Å². The number of nitrogens with one attached hydrogen (secondary N) is 1. The maximum atomic E-state index is 12.5. The molecule has 2 fully saturated rings. The summed E-state index contributed by atoms with van der Waals surface area (Å²) in [5.41, 5.74) is 2.19. The van der Waals surface area contributed by atoms with Gasteiger partial charge in [0.25, 0.3) is 0 Å². The second-order valence-electron chi connectivity index (χ2n) is 7.89. The first-order valence-electron chi connectivity index (χ1n) is 10.2. The van der Waals surface area contributed by atoms with Gasteiger partial charge < -0.3 is 4.90 Å². The summed E-state index contributed by atoms with van der Waals surface area (Å²) in [6.45, 7) is 3.16. The minimum Gasteiger partial charge on any atom is -0.334 e. The van der Waals surface area contributed by atoms with Gasteiger partial charge in [0.1, 0.15) is 0 Å². The van der Waals surface area contributed by atoms with Crippen molar-refractivity contribution in [2.24, 2.45) is 0 Å². The van der Waals surface area contributed by atoms with Gasteiger partial charge in [-0.25, -0.2) is 4.98 Å². The molecule has 150 valence electrons. The van der Waals surface area contributed by atoms with E-state index in [1.165, 1.54) is 43.4 Å². The molecule has 0 radical (unpaired) electrons. The zero-order valence-corrected chi connectivity index (χ0v) is 17.1. The Kier molecular flexibility index (Phi) is 5.75. The number of amides is 2. The van der Waals surface area contributed by atoms with Gasteiger partial charge in [0.2, 0.25) is 0 Å². The van der Waals surface area contributed by atoms with E-state index in [1.807, 2.05) is 29.4 Å². The van der Waals surface area contributed by atoms with Crippen LogP contribution in [0.4, 0.5) is 5.13 Å². The molecule has 0 unspecified atom stereocenters. The Balaban J connectivity index is 1.29. The van der Waals surface area contributed by atoms with Crippen LogP contribution >= 0.6 is 11.3 Å². The van der Waals surface area contributed by atoms with Gasteiger partial charge in [-0.2, -0.15) is 5.10 Å². The van der Waals surface area contributed by atoms with E-state index in [2.05, 4.69) is 15.4 Å². The first-order chi connectivity index (χ1) is 13.6. The van der Waals surface area contributed by atoms with E-state index in [0.29, 0.717) is 24.1 Å². The maximum absolute atomic E-state index is 12.5. The molecule has 7 nitrogen and oxygen atoms in total. The second kappa shape index (κ2) is 8.43. The lowest BCUT2D eigenvalue weighted by molar-refractivity contribution is -0.144. The minimum absolute atomic E-state index is 0.290. The summed E-state index contributed by atoms with van der Waals surface area (Å²) < 4.78 is 1.97. The summed E-state index contributed by atoms with van der Waals surface area (Å²) in [6.07, 6.45) is 11.6. The Bertz CT molecular complexity index is 831. The first kappa shape index (κ1) is 19.1. The summed E-state index contributed by atoms with van der Waals surface area (Å²) in [6, 6.07) is 0.290. The van der Waals surface area contributed by atoms with E-state index in [4.69, 9.17) is 0 Å². The molecule has 28 heavy (non-hydrogen) atoms. The summed E-state index contributed by atoms with van der Waals surface area (Å²) in [4.78, 5) is 31.1. The SMILES string of the molecule is Cc1cnn(C2CCN(C(=O)C(=O)Nc3nc(C4CCCCC4)cs3)CC2)c1. The van der Waals surface area contributed by atoms with Gasteiger partial charge in [-0.3, -0.25) is 19.6 Å². The van der Waals surface area contributed by atoms with Crippen molar-refractivity contribution in [1.82, 2.24) is 19.7 Å². The number of carbonyl (C=O) groups is 2. The molecule has 2 aliphatic rings. The lowest BCUT2D eigenvalue weighted by atomic mass is 9.87. The average molecular weight is 402 g/mol. The quantitative estimate of drug-likeness (QED) is 0.799. The van der Waals surface area contributed by atoms with E-state index in [0.717, 1.165) is 24.1 Å². The van der Waals surface area contributed by atoms with Crippen molar-refractivity contribution in [3.8, 4) is 0 Å². The van der Waals surface area contributed by atoms with Gasteiger partial charge in [-0.1, -0.05) is 19.3 Å². The number of aryl methyl sites for hydroxylation is 1. The molecular weight excluding hydrogens is 374 g/mol. The van der Waals surface area contributed by atoms with Crippen LogP contribution in [-0.4, -0.2) is 44.6 Å². The van der Waals surface area contributed by atoms with Crippen molar-refractivity contribution in [2.45, 2.75) is 63.8 Å². The molecule has 2 aromatic heterocycles.